The zero-order chi connectivity index (χ0) is 21.6. The Morgan fingerprint density at radius 3 is 2.59 bits per heavy atom. The van der Waals surface area contributed by atoms with Gasteiger partial charge in [0.2, 0.25) is 0 Å². The van der Waals surface area contributed by atoms with Crippen LogP contribution in [0.4, 0.5) is 15.0 Å². The summed E-state index contributed by atoms with van der Waals surface area (Å²) in [6, 6.07) is 6.46. The van der Waals surface area contributed by atoms with Crippen LogP contribution in [0.3, 0.4) is 0 Å². The van der Waals surface area contributed by atoms with Gasteiger partial charge in [0.05, 0.1) is 6.54 Å². The monoisotopic (exact) mass is 402 g/mol. The average molecular weight is 403 g/mol. The molecule has 0 radical (unpaired) electrons. The van der Waals surface area contributed by atoms with E-state index in [0.717, 1.165) is 22.7 Å². The minimum Gasteiger partial charge on any atom is -0.444 e. The van der Waals surface area contributed by atoms with Crippen LogP contribution in [0.25, 0.3) is 11.1 Å². The zero-order valence-corrected chi connectivity index (χ0v) is 18.0. The summed E-state index contributed by atoms with van der Waals surface area (Å²) < 4.78 is 19.6. The number of aliphatic imine (C=N–C) groups is 1. The smallest absolute Gasteiger partial charge is 0.407 e. The van der Waals surface area contributed by atoms with E-state index in [-0.39, 0.29) is 11.9 Å². The second kappa shape index (κ2) is 9.58. The van der Waals surface area contributed by atoms with Crippen molar-refractivity contribution in [3.8, 4) is 11.1 Å². The number of rotatable bonds is 7. The van der Waals surface area contributed by atoms with Gasteiger partial charge < -0.3 is 20.4 Å². The van der Waals surface area contributed by atoms with E-state index >= 15 is 0 Å². The largest absolute Gasteiger partial charge is 0.444 e. The maximum Gasteiger partial charge on any atom is 0.407 e. The molecule has 1 aromatic carbocycles. The van der Waals surface area contributed by atoms with Crippen LogP contribution in [0, 0.1) is 5.82 Å². The lowest BCUT2D eigenvalue weighted by atomic mass is 10.0. The first-order valence-corrected chi connectivity index (χ1v) is 9.83. The van der Waals surface area contributed by atoms with Crippen LogP contribution >= 0.6 is 0 Å². The SMILES string of the molecule is CCNc1[nH]cc(-c2ccccc2F)c1C(C)=NC[C@@H](C)NC(=O)OC(C)(C)C. The lowest BCUT2D eigenvalue weighted by Gasteiger charge is -2.21. The number of nitrogens with one attached hydrogen (secondary N) is 3. The van der Waals surface area contributed by atoms with Crippen LogP contribution in [0.15, 0.2) is 35.5 Å². The second-order valence-electron chi connectivity index (χ2n) is 7.94. The van der Waals surface area contributed by atoms with E-state index in [0.29, 0.717) is 18.7 Å². The highest BCUT2D eigenvalue weighted by atomic mass is 19.1. The van der Waals surface area contributed by atoms with Crippen molar-refractivity contribution in [2.45, 2.75) is 53.2 Å². The van der Waals surface area contributed by atoms with E-state index in [1.54, 1.807) is 24.4 Å². The number of carbonyl (C=O) groups is 1. The van der Waals surface area contributed by atoms with Crippen molar-refractivity contribution < 1.29 is 13.9 Å². The number of amides is 1. The summed E-state index contributed by atoms with van der Waals surface area (Å²) in [7, 11) is 0. The number of nitrogens with zero attached hydrogens (tertiary/aromatic N) is 1. The summed E-state index contributed by atoms with van der Waals surface area (Å²) in [5.74, 6) is 0.503. The number of carbonyl (C=O) groups excluding carboxylic acids is 1. The molecule has 158 valence electrons. The molecule has 0 saturated carbocycles. The van der Waals surface area contributed by atoms with Gasteiger partial charge in [-0.25, -0.2) is 9.18 Å². The van der Waals surface area contributed by atoms with Crippen molar-refractivity contribution in [2.24, 2.45) is 4.99 Å². The van der Waals surface area contributed by atoms with Gasteiger partial charge in [-0.05, 0) is 47.6 Å². The van der Waals surface area contributed by atoms with E-state index in [9.17, 15) is 9.18 Å². The number of anilines is 1. The Kier molecular flexibility index (Phi) is 7.42. The predicted octanol–water partition coefficient (Wildman–Crippen LogP) is 4.97. The Hall–Kier alpha value is -2.83. The van der Waals surface area contributed by atoms with Crippen molar-refractivity contribution in [1.29, 1.82) is 0 Å². The third-order valence-electron chi connectivity index (χ3n) is 4.13. The molecule has 1 atom stereocenters. The lowest BCUT2D eigenvalue weighted by molar-refractivity contribution is 0.0510. The normalized spacial score (nSPS) is 13.1. The zero-order valence-electron chi connectivity index (χ0n) is 18.0. The Morgan fingerprint density at radius 1 is 1.28 bits per heavy atom. The van der Waals surface area contributed by atoms with Gasteiger partial charge in [0.25, 0.3) is 0 Å². The van der Waals surface area contributed by atoms with Crippen molar-refractivity contribution in [2.75, 3.05) is 18.4 Å². The number of ether oxygens (including phenoxy) is 1. The summed E-state index contributed by atoms with van der Waals surface area (Å²) >= 11 is 0. The van der Waals surface area contributed by atoms with Gasteiger partial charge in [-0.1, -0.05) is 18.2 Å². The number of H-pyrrole nitrogens is 1. The topological polar surface area (TPSA) is 78.5 Å². The van der Waals surface area contributed by atoms with Crippen LogP contribution in [-0.2, 0) is 4.74 Å². The lowest BCUT2D eigenvalue weighted by Crippen LogP contribution is -2.39. The highest BCUT2D eigenvalue weighted by Crippen LogP contribution is 2.31. The molecule has 2 rings (SSSR count). The first-order chi connectivity index (χ1) is 13.6. The van der Waals surface area contributed by atoms with E-state index in [1.807, 2.05) is 41.5 Å². The van der Waals surface area contributed by atoms with Crippen LogP contribution < -0.4 is 10.6 Å². The summed E-state index contributed by atoms with van der Waals surface area (Å²) in [5.41, 5.74) is 2.27. The van der Waals surface area contributed by atoms with Crippen molar-refractivity contribution in [3.05, 3.63) is 41.8 Å². The fourth-order valence-electron chi connectivity index (χ4n) is 2.91. The maximum absolute atomic E-state index is 14.4. The highest BCUT2D eigenvalue weighted by molar-refractivity contribution is 6.08. The fraction of sp³-hybridized carbons (Fsp3) is 0.455. The molecule has 6 nitrogen and oxygen atoms in total. The van der Waals surface area contributed by atoms with Gasteiger partial charge in [-0.3, -0.25) is 4.99 Å². The van der Waals surface area contributed by atoms with E-state index in [2.05, 4.69) is 20.6 Å². The molecule has 29 heavy (non-hydrogen) atoms. The molecule has 1 amide bonds. The van der Waals surface area contributed by atoms with Gasteiger partial charge in [-0.15, -0.1) is 0 Å². The molecule has 0 fully saturated rings. The van der Waals surface area contributed by atoms with Crippen LogP contribution in [0.1, 0.15) is 47.1 Å². The summed E-state index contributed by atoms with van der Waals surface area (Å²) in [5, 5.41) is 6.04. The van der Waals surface area contributed by atoms with Crippen molar-refractivity contribution in [1.82, 2.24) is 10.3 Å². The summed E-state index contributed by atoms with van der Waals surface area (Å²) in [6.45, 7) is 12.3. The highest BCUT2D eigenvalue weighted by Gasteiger charge is 2.19. The maximum atomic E-state index is 14.4. The van der Waals surface area contributed by atoms with Crippen LogP contribution in [0.2, 0.25) is 0 Å². The molecule has 2 aromatic rings. The first-order valence-electron chi connectivity index (χ1n) is 9.83. The standard InChI is InChI=1S/C22H31FN4O2/c1-7-24-20-19(17(13-26-20)16-10-8-9-11-18(16)23)15(3)25-12-14(2)27-21(28)29-22(4,5)6/h8-11,13-14,24,26H,7,12H2,1-6H3,(H,27,28)/t14-/m1/s1. The minimum atomic E-state index is -0.552. The molecule has 0 unspecified atom stereocenters. The molecule has 1 aromatic heterocycles. The summed E-state index contributed by atoms with van der Waals surface area (Å²) in [6.07, 6.45) is 1.31. The van der Waals surface area contributed by atoms with Crippen molar-refractivity contribution >= 4 is 17.6 Å². The Morgan fingerprint density at radius 2 is 1.97 bits per heavy atom. The number of hydrogen-bond acceptors (Lipinski definition) is 4. The van der Waals surface area contributed by atoms with Gasteiger partial charge in [0.1, 0.15) is 17.2 Å². The second-order valence-corrected chi connectivity index (χ2v) is 7.94. The van der Waals surface area contributed by atoms with E-state index in [4.69, 9.17) is 4.74 Å². The molecular formula is C22H31FN4O2. The third-order valence-corrected chi connectivity index (χ3v) is 4.13. The van der Waals surface area contributed by atoms with Crippen molar-refractivity contribution in [3.63, 3.8) is 0 Å². The van der Waals surface area contributed by atoms with E-state index < -0.39 is 11.7 Å². The molecule has 0 bridgehead atoms. The molecule has 3 N–H and O–H groups in total. The van der Waals surface area contributed by atoms with Gasteiger partial charge in [-0.2, -0.15) is 0 Å². The van der Waals surface area contributed by atoms with Gasteiger partial charge in [0, 0.05) is 41.2 Å². The van der Waals surface area contributed by atoms with Gasteiger partial charge >= 0.3 is 6.09 Å². The Labute approximate surface area is 172 Å². The van der Waals surface area contributed by atoms with Gasteiger partial charge in [0.15, 0.2) is 0 Å². The number of aromatic nitrogens is 1. The number of benzene rings is 1. The number of hydrogen-bond donors (Lipinski definition) is 3. The third kappa shape index (κ3) is 6.34. The molecule has 0 aliphatic carbocycles. The molecule has 1 heterocycles. The molecule has 0 aliphatic heterocycles. The van der Waals surface area contributed by atoms with E-state index in [1.165, 1.54) is 6.07 Å². The number of halogens is 1. The summed E-state index contributed by atoms with van der Waals surface area (Å²) in [4.78, 5) is 19.7. The fourth-order valence-corrected chi connectivity index (χ4v) is 2.91. The number of aromatic amines is 1. The van der Waals surface area contributed by atoms with Crippen LogP contribution in [-0.4, -0.2) is 41.5 Å². The minimum absolute atomic E-state index is 0.210. The molecule has 0 saturated heterocycles. The molecule has 0 spiro atoms. The first kappa shape index (κ1) is 22.5. The Balaban J connectivity index is 2.22. The Bertz CT molecular complexity index is 868. The predicted molar refractivity (Wildman–Crippen MR) is 116 cm³/mol. The number of alkyl carbamates (subject to hydrolysis) is 1. The van der Waals surface area contributed by atoms with Crippen LogP contribution in [0.5, 0.6) is 0 Å². The molecular weight excluding hydrogens is 371 g/mol. The average Bonchev–Trinajstić information content (AvgIpc) is 3.02. The molecule has 0 aliphatic rings. The molecule has 7 heteroatoms. The quantitative estimate of drug-likeness (QED) is 0.572.